The van der Waals surface area contributed by atoms with Crippen LogP contribution in [0, 0.1) is 5.92 Å². The fourth-order valence-corrected chi connectivity index (χ4v) is 3.60. The number of aliphatic hydroxyl groups is 1. The van der Waals surface area contributed by atoms with Gasteiger partial charge >= 0.3 is 29.6 Å². The molecule has 0 aromatic carbocycles. The quantitative estimate of drug-likeness (QED) is 0.381. The number of carbonyl (C=O) groups excluding carboxylic acids is 2. The van der Waals surface area contributed by atoms with Crippen LogP contribution in [0.25, 0.3) is 0 Å². The monoisotopic (exact) mass is 528 g/mol. The molecular weight excluding hydrogens is 506 g/mol. The molecule has 0 aromatic heterocycles. The number of carbonyl (C=O) groups is 2. The van der Waals surface area contributed by atoms with Crippen molar-refractivity contribution in [2.24, 2.45) is 5.92 Å². The molecular formula is C20H22F10N2O3. The third kappa shape index (κ3) is 5.06. The van der Waals surface area contributed by atoms with Crippen molar-refractivity contribution in [2.45, 2.75) is 63.5 Å². The molecule has 1 N–H and O–H groups in total. The van der Waals surface area contributed by atoms with Gasteiger partial charge in [0.1, 0.15) is 6.23 Å². The lowest BCUT2D eigenvalue weighted by Crippen LogP contribution is -2.58. The van der Waals surface area contributed by atoms with Gasteiger partial charge < -0.3 is 5.11 Å². The largest absolute Gasteiger partial charge is 0.374 e. The number of hydrogen-bond donors (Lipinski definition) is 1. The highest BCUT2D eigenvalue weighted by Gasteiger charge is 2.70. The molecule has 2 aliphatic heterocycles. The van der Waals surface area contributed by atoms with Crippen molar-refractivity contribution in [3.05, 3.63) is 22.8 Å². The summed E-state index contributed by atoms with van der Waals surface area (Å²) in [7, 11) is 0. The molecule has 0 spiro atoms. The third-order valence-corrected chi connectivity index (χ3v) is 5.89. The van der Waals surface area contributed by atoms with Gasteiger partial charge in [0.2, 0.25) is 0 Å². The van der Waals surface area contributed by atoms with Gasteiger partial charge in [-0.1, -0.05) is 6.92 Å². The number of nitrogens with zero attached hydrogens (tertiary/aromatic N) is 2. The summed E-state index contributed by atoms with van der Waals surface area (Å²) in [5.74, 6) is -29.5. The lowest BCUT2D eigenvalue weighted by molar-refractivity contribution is -0.303. The van der Waals surface area contributed by atoms with Gasteiger partial charge in [-0.2, -0.15) is 35.1 Å². The Balaban J connectivity index is 2.32. The normalized spacial score (nSPS) is 25.0. The number of likely N-dealkylation sites (tertiary alicyclic amines) is 1. The van der Waals surface area contributed by atoms with Gasteiger partial charge in [0.25, 0.3) is 11.8 Å². The van der Waals surface area contributed by atoms with Crippen LogP contribution in [0.5, 0.6) is 0 Å². The molecule has 2 aliphatic rings. The predicted octanol–water partition coefficient (Wildman–Crippen LogP) is 4.08. The van der Waals surface area contributed by atoms with Crippen molar-refractivity contribution < 1.29 is 58.6 Å². The highest BCUT2D eigenvalue weighted by molar-refractivity contribution is 6.20. The van der Waals surface area contributed by atoms with Crippen LogP contribution in [0.15, 0.2) is 22.8 Å². The number of alkyl halides is 10. The maximum atomic E-state index is 14.0. The minimum atomic E-state index is -5.92. The summed E-state index contributed by atoms with van der Waals surface area (Å²) < 4.78 is 135. The third-order valence-electron chi connectivity index (χ3n) is 5.89. The molecule has 2 rings (SSSR count). The molecule has 0 saturated carbocycles. The van der Waals surface area contributed by atoms with Gasteiger partial charge in [-0.15, -0.1) is 0 Å². The molecule has 200 valence electrons. The zero-order valence-corrected chi connectivity index (χ0v) is 18.8. The Labute approximate surface area is 193 Å². The molecule has 15 heteroatoms. The summed E-state index contributed by atoms with van der Waals surface area (Å²) in [6.07, 6.45) is -1.14. The molecule has 0 aromatic rings. The first-order valence-electron chi connectivity index (χ1n) is 10.1. The molecule has 2 unspecified atom stereocenters. The topological polar surface area (TPSA) is 60.9 Å². The smallest absolute Gasteiger partial charge is 0.373 e. The van der Waals surface area contributed by atoms with E-state index in [0.717, 1.165) is 13.0 Å². The zero-order valence-electron chi connectivity index (χ0n) is 18.8. The highest BCUT2D eigenvalue weighted by Crippen LogP contribution is 2.46. The molecule has 1 fully saturated rings. The number of aliphatic hydroxyl groups excluding tert-OH is 1. The highest BCUT2D eigenvalue weighted by atomic mass is 19.3. The van der Waals surface area contributed by atoms with Gasteiger partial charge in [0.05, 0.1) is 13.1 Å². The molecule has 0 aliphatic carbocycles. The second-order valence-corrected chi connectivity index (χ2v) is 8.84. The summed E-state index contributed by atoms with van der Waals surface area (Å²) in [6, 6.07) is 0. The standard InChI is InChI=1S/C20H22F10N2O3/c1-9-6-31(7-18(25,26)16(3,21)22)14(34)11(9)5-12-10(2)13(33)32(15(12)35)8-19(27,28)20(29,30)17(4,23)24/h5,9,14,34H,6-8H2,1-4H3. The minimum Gasteiger partial charge on any atom is -0.374 e. The van der Waals surface area contributed by atoms with E-state index in [0.29, 0.717) is 4.90 Å². The zero-order chi connectivity index (χ0) is 27.5. The van der Waals surface area contributed by atoms with Gasteiger partial charge in [0, 0.05) is 31.5 Å². The van der Waals surface area contributed by atoms with E-state index in [1.165, 1.54) is 6.92 Å². The fraction of sp³-hybridized carbons (Fsp3) is 0.700. The van der Waals surface area contributed by atoms with E-state index < -0.39 is 84.7 Å². The van der Waals surface area contributed by atoms with Crippen LogP contribution in [-0.2, 0) is 9.59 Å². The van der Waals surface area contributed by atoms with Crippen LogP contribution in [-0.4, -0.2) is 82.2 Å². The first-order chi connectivity index (χ1) is 15.5. The maximum absolute atomic E-state index is 14.0. The summed E-state index contributed by atoms with van der Waals surface area (Å²) in [5, 5.41) is 10.3. The van der Waals surface area contributed by atoms with Gasteiger partial charge in [0.15, 0.2) is 0 Å². The van der Waals surface area contributed by atoms with E-state index in [1.54, 1.807) is 0 Å². The molecule has 2 heterocycles. The van der Waals surface area contributed by atoms with Crippen LogP contribution in [0.4, 0.5) is 43.9 Å². The Morgan fingerprint density at radius 1 is 0.886 bits per heavy atom. The molecule has 5 nitrogen and oxygen atoms in total. The number of halogens is 10. The van der Waals surface area contributed by atoms with Crippen molar-refractivity contribution in [3.63, 3.8) is 0 Å². The Kier molecular flexibility index (Phi) is 7.27. The van der Waals surface area contributed by atoms with E-state index in [4.69, 9.17) is 0 Å². The van der Waals surface area contributed by atoms with Crippen LogP contribution >= 0.6 is 0 Å². The van der Waals surface area contributed by atoms with Gasteiger partial charge in [-0.3, -0.25) is 19.4 Å². The molecule has 0 bridgehead atoms. The molecule has 35 heavy (non-hydrogen) atoms. The van der Waals surface area contributed by atoms with Crippen molar-refractivity contribution in [2.75, 3.05) is 19.6 Å². The number of rotatable bonds is 8. The molecule has 2 amide bonds. The Bertz CT molecular complexity index is 950. The van der Waals surface area contributed by atoms with Crippen molar-refractivity contribution in [1.82, 2.24) is 9.80 Å². The van der Waals surface area contributed by atoms with Crippen molar-refractivity contribution in [3.8, 4) is 0 Å². The Morgan fingerprint density at radius 2 is 1.40 bits per heavy atom. The lowest BCUT2D eigenvalue weighted by Gasteiger charge is -2.32. The Hall–Kier alpha value is -2.16. The van der Waals surface area contributed by atoms with E-state index in [-0.39, 0.29) is 23.9 Å². The Morgan fingerprint density at radius 3 is 1.86 bits per heavy atom. The summed E-state index contributed by atoms with van der Waals surface area (Å²) in [5.41, 5.74) is -1.45. The van der Waals surface area contributed by atoms with E-state index in [9.17, 15) is 58.6 Å². The van der Waals surface area contributed by atoms with E-state index in [2.05, 4.69) is 0 Å². The van der Waals surface area contributed by atoms with E-state index in [1.807, 2.05) is 0 Å². The van der Waals surface area contributed by atoms with Crippen molar-refractivity contribution >= 4 is 11.8 Å². The van der Waals surface area contributed by atoms with Crippen LogP contribution in [0.2, 0.25) is 0 Å². The number of imide groups is 1. The average Bonchev–Trinajstić information content (AvgIpc) is 3.02. The lowest BCUT2D eigenvalue weighted by atomic mass is 10.00. The second-order valence-electron chi connectivity index (χ2n) is 8.84. The molecule has 1 saturated heterocycles. The summed E-state index contributed by atoms with van der Waals surface area (Å²) in [6.45, 7) is -2.53. The van der Waals surface area contributed by atoms with Crippen LogP contribution in [0.1, 0.15) is 27.7 Å². The first-order valence-corrected chi connectivity index (χ1v) is 10.1. The summed E-state index contributed by atoms with van der Waals surface area (Å²) >= 11 is 0. The average molecular weight is 528 g/mol. The SMILES string of the molecule is CC1=C(C=C2C(C)CN(CC(F)(F)C(C)(F)F)C2O)C(=O)N(CC(F)(F)C(F)(F)C(C)(F)F)C1=O. The van der Waals surface area contributed by atoms with Crippen LogP contribution < -0.4 is 0 Å². The maximum Gasteiger partial charge on any atom is 0.373 e. The minimum absolute atomic E-state index is 0.0189. The fourth-order valence-electron chi connectivity index (χ4n) is 3.60. The van der Waals surface area contributed by atoms with Gasteiger partial charge in [-0.25, -0.2) is 8.78 Å². The van der Waals surface area contributed by atoms with Gasteiger partial charge in [-0.05, 0) is 24.5 Å². The predicted molar refractivity (Wildman–Crippen MR) is 100 cm³/mol. The molecule has 0 radical (unpaired) electrons. The number of hydrogen-bond acceptors (Lipinski definition) is 4. The van der Waals surface area contributed by atoms with Crippen LogP contribution in [0.3, 0.4) is 0 Å². The second kappa shape index (κ2) is 8.75. The van der Waals surface area contributed by atoms with E-state index >= 15 is 0 Å². The molecule has 2 atom stereocenters. The first kappa shape index (κ1) is 29.1. The van der Waals surface area contributed by atoms with Crippen molar-refractivity contribution in [1.29, 1.82) is 0 Å². The summed E-state index contributed by atoms with van der Waals surface area (Å²) in [4.78, 5) is 25.0. The number of amides is 2.